The van der Waals surface area contributed by atoms with Crippen molar-refractivity contribution in [3.8, 4) is 0 Å². The van der Waals surface area contributed by atoms with Gasteiger partial charge >= 0.3 is 0 Å². The molecule has 1 aromatic carbocycles. The lowest BCUT2D eigenvalue weighted by atomic mass is 9.89. The number of amidine groups is 1. The molecule has 1 amide bonds. The number of ether oxygens (including phenoxy) is 1. The molecule has 1 saturated heterocycles. The standard InChI is InChI=1S/C18H16BrFN4O2S/c19-11-1-4-15(22-8-11)16(25)23-12-2-3-14(20)13(7-12)18-10(5-6-26-18)9-27-17(21)24-18/h1-4,7-8,10H,5-6,9H2,(H2,21,24)(H,23,25)/t10-,18-/m1/s1. The Morgan fingerprint density at radius 3 is 3.04 bits per heavy atom. The normalized spacial score (nSPS) is 24.2. The first kappa shape index (κ1) is 18.4. The molecule has 1 fully saturated rings. The number of hydrogen-bond donors (Lipinski definition) is 2. The Balaban J connectivity index is 1.67. The molecule has 1 aromatic heterocycles. The summed E-state index contributed by atoms with van der Waals surface area (Å²) in [6.45, 7) is 0.487. The number of rotatable bonds is 3. The Morgan fingerprint density at radius 2 is 2.26 bits per heavy atom. The second-order valence-electron chi connectivity index (χ2n) is 6.30. The maximum Gasteiger partial charge on any atom is 0.274 e. The minimum atomic E-state index is -1.13. The van der Waals surface area contributed by atoms with Crippen LogP contribution in [0.3, 0.4) is 0 Å². The van der Waals surface area contributed by atoms with Gasteiger partial charge in [0, 0.05) is 33.6 Å². The van der Waals surface area contributed by atoms with Crippen molar-refractivity contribution in [1.82, 2.24) is 4.98 Å². The molecule has 6 nitrogen and oxygen atoms in total. The van der Waals surface area contributed by atoms with Gasteiger partial charge in [0.05, 0.1) is 6.61 Å². The lowest BCUT2D eigenvalue weighted by molar-refractivity contribution is -0.0170. The Morgan fingerprint density at radius 1 is 1.41 bits per heavy atom. The molecule has 4 rings (SSSR count). The van der Waals surface area contributed by atoms with Gasteiger partial charge in [0.25, 0.3) is 5.91 Å². The summed E-state index contributed by atoms with van der Waals surface area (Å²) in [4.78, 5) is 20.9. The van der Waals surface area contributed by atoms with Crippen molar-refractivity contribution >= 4 is 44.5 Å². The molecule has 3 heterocycles. The van der Waals surface area contributed by atoms with Crippen molar-refractivity contribution < 1.29 is 13.9 Å². The van der Waals surface area contributed by atoms with E-state index >= 15 is 0 Å². The molecule has 140 valence electrons. The molecule has 0 unspecified atom stereocenters. The smallest absolute Gasteiger partial charge is 0.274 e. The first-order chi connectivity index (χ1) is 13.0. The molecule has 0 radical (unpaired) electrons. The third-order valence-corrected chi connectivity index (χ3v) is 6.05. The number of aliphatic imine (C=N–C) groups is 1. The molecule has 3 N–H and O–H groups in total. The number of aromatic nitrogens is 1. The van der Waals surface area contributed by atoms with E-state index in [-0.39, 0.29) is 23.1 Å². The minimum absolute atomic E-state index is 0.0309. The lowest BCUT2D eigenvalue weighted by Gasteiger charge is -2.34. The Kier molecular flexibility index (Phi) is 4.92. The van der Waals surface area contributed by atoms with E-state index in [1.54, 1.807) is 18.2 Å². The number of nitrogens with one attached hydrogen (secondary N) is 1. The first-order valence-electron chi connectivity index (χ1n) is 8.33. The fourth-order valence-corrected chi connectivity index (χ4v) is 4.51. The quantitative estimate of drug-likeness (QED) is 0.746. The molecule has 27 heavy (non-hydrogen) atoms. The number of amides is 1. The summed E-state index contributed by atoms with van der Waals surface area (Å²) in [5.74, 6) is -0.0778. The Hall–Kier alpha value is -1.97. The van der Waals surface area contributed by atoms with Gasteiger partial charge in [-0.2, -0.15) is 0 Å². The van der Waals surface area contributed by atoms with Gasteiger partial charge in [0.15, 0.2) is 10.9 Å². The predicted octanol–water partition coefficient (Wildman–Crippen LogP) is 3.49. The molecule has 0 spiro atoms. The molecule has 2 atom stereocenters. The number of nitrogens with two attached hydrogens (primary N) is 1. The van der Waals surface area contributed by atoms with E-state index in [2.05, 4.69) is 31.2 Å². The number of anilines is 1. The molecule has 9 heteroatoms. The van der Waals surface area contributed by atoms with Crippen LogP contribution in [0.25, 0.3) is 0 Å². The number of hydrogen-bond acceptors (Lipinski definition) is 6. The summed E-state index contributed by atoms with van der Waals surface area (Å²) in [6.07, 6.45) is 2.32. The fraction of sp³-hybridized carbons (Fsp3) is 0.278. The van der Waals surface area contributed by atoms with E-state index in [4.69, 9.17) is 10.5 Å². The summed E-state index contributed by atoms with van der Waals surface area (Å²) in [5.41, 5.74) is 5.76. The van der Waals surface area contributed by atoms with Crippen LogP contribution in [0.2, 0.25) is 0 Å². The van der Waals surface area contributed by atoms with E-state index < -0.39 is 11.5 Å². The molecule has 0 bridgehead atoms. The summed E-state index contributed by atoms with van der Waals surface area (Å²) in [5, 5.41) is 3.12. The molecule has 2 aliphatic heterocycles. The van der Waals surface area contributed by atoms with Gasteiger partial charge in [-0.15, -0.1) is 0 Å². The molecule has 0 aliphatic carbocycles. The number of nitrogens with zero attached hydrogens (tertiary/aromatic N) is 2. The number of fused-ring (bicyclic) bond motifs is 1. The average Bonchev–Trinajstić information content (AvgIpc) is 3.07. The fourth-order valence-electron chi connectivity index (χ4n) is 3.31. The molecule has 0 saturated carbocycles. The number of halogens is 2. The molecule has 2 aromatic rings. The maximum absolute atomic E-state index is 14.7. The van der Waals surface area contributed by atoms with Gasteiger partial charge < -0.3 is 15.8 Å². The second kappa shape index (κ2) is 7.21. The molecular weight excluding hydrogens is 435 g/mol. The monoisotopic (exact) mass is 450 g/mol. The minimum Gasteiger partial charge on any atom is -0.378 e. The second-order valence-corrected chi connectivity index (χ2v) is 8.26. The van der Waals surface area contributed by atoms with Crippen LogP contribution >= 0.6 is 27.7 Å². The van der Waals surface area contributed by atoms with Crippen molar-refractivity contribution in [3.63, 3.8) is 0 Å². The van der Waals surface area contributed by atoms with Gasteiger partial charge in [0.2, 0.25) is 0 Å². The highest BCUT2D eigenvalue weighted by atomic mass is 79.9. The third kappa shape index (κ3) is 3.46. The van der Waals surface area contributed by atoms with E-state index in [0.717, 1.165) is 10.9 Å². The first-order valence-corrected chi connectivity index (χ1v) is 10.1. The maximum atomic E-state index is 14.7. The van der Waals surface area contributed by atoms with E-state index in [1.807, 2.05) is 0 Å². The molecule has 2 aliphatic rings. The Bertz CT molecular complexity index is 924. The van der Waals surface area contributed by atoms with Crippen LogP contribution in [0.4, 0.5) is 10.1 Å². The van der Waals surface area contributed by atoms with Crippen LogP contribution < -0.4 is 11.1 Å². The van der Waals surface area contributed by atoms with Gasteiger partial charge in [-0.1, -0.05) is 11.8 Å². The van der Waals surface area contributed by atoms with Crippen molar-refractivity contribution in [2.45, 2.75) is 12.1 Å². The number of carbonyl (C=O) groups is 1. The molecular formula is C18H16BrFN4O2S. The summed E-state index contributed by atoms with van der Waals surface area (Å²) >= 11 is 4.73. The van der Waals surface area contributed by atoms with Crippen molar-refractivity contribution in [1.29, 1.82) is 0 Å². The predicted molar refractivity (Wildman–Crippen MR) is 106 cm³/mol. The Labute approximate surface area is 167 Å². The third-order valence-electron chi connectivity index (χ3n) is 4.62. The summed E-state index contributed by atoms with van der Waals surface area (Å²) in [7, 11) is 0. The number of thioether (sulfide) groups is 1. The van der Waals surface area contributed by atoms with Crippen LogP contribution in [0.1, 0.15) is 22.5 Å². The van der Waals surface area contributed by atoms with Gasteiger partial charge in [-0.25, -0.2) is 14.4 Å². The van der Waals surface area contributed by atoms with E-state index in [0.29, 0.717) is 23.2 Å². The average molecular weight is 451 g/mol. The number of benzene rings is 1. The SMILES string of the molecule is NC1=N[C@@]2(c3cc(NC(=O)c4ccc(Br)cn4)ccc3F)OCC[C@@H]2CS1. The zero-order chi connectivity index (χ0) is 19.0. The highest BCUT2D eigenvalue weighted by molar-refractivity contribution is 9.10. The van der Waals surface area contributed by atoms with Crippen LogP contribution in [0.5, 0.6) is 0 Å². The van der Waals surface area contributed by atoms with Gasteiger partial charge in [-0.05, 0) is 52.7 Å². The van der Waals surface area contributed by atoms with Crippen molar-refractivity contribution in [2.75, 3.05) is 17.7 Å². The van der Waals surface area contributed by atoms with E-state index in [9.17, 15) is 9.18 Å². The van der Waals surface area contributed by atoms with E-state index in [1.165, 1.54) is 30.1 Å². The summed E-state index contributed by atoms with van der Waals surface area (Å²) in [6, 6.07) is 7.70. The van der Waals surface area contributed by atoms with Crippen LogP contribution in [-0.4, -0.2) is 28.4 Å². The lowest BCUT2D eigenvalue weighted by Crippen LogP contribution is -2.38. The number of pyridine rings is 1. The highest BCUT2D eigenvalue weighted by Crippen LogP contribution is 2.48. The number of carbonyl (C=O) groups excluding carboxylic acids is 1. The highest BCUT2D eigenvalue weighted by Gasteiger charge is 2.49. The van der Waals surface area contributed by atoms with Crippen LogP contribution in [0, 0.1) is 11.7 Å². The zero-order valence-electron chi connectivity index (χ0n) is 14.1. The van der Waals surface area contributed by atoms with Gasteiger partial charge in [0.1, 0.15) is 11.5 Å². The van der Waals surface area contributed by atoms with Crippen molar-refractivity contribution in [2.24, 2.45) is 16.6 Å². The van der Waals surface area contributed by atoms with Gasteiger partial charge in [-0.3, -0.25) is 4.79 Å². The zero-order valence-corrected chi connectivity index (χ0v) is 16.5. The summed E-state index contributed by atoms with van der Waals surface area (Å²) < 4.78 is 21.4. The van der Waals surface area contributed by atoms with Crippen LogP contribution in [0.15, 0.2) is 46.0 Å². The topological polar surface area (TPSA) is 89.6 Å². The van der Waals surface area contributed by atoms with Crippen LogP contribution in [-0.2, 0) is 10.5 Å². The largest absolute Gasteiger partial charge is 0.378 e. The van der Waals surface area contributed by atoms with Crippen molar-refractivity contribution in [3.05, 3.63) is 58.1 Å².